The molecule has 2 N–H and O–H groups in total. The van der Waals surface area contributed by atoms with Crippen molar-refractivity contribution < 1.29 is 27.5 Å². The van der Waals surface area contributed by atoms with Gasteiger partial charge in [0, 0.05) is 12.1 Å². The number of methoxy groups -OCH3 is 1. The van der Waals surface area contributed by atoms with Crippen molar-refractivity contribution in [1.29, 1.82) is 0 Å². The SMILES string of the molecule is CCNC(=NCc1cc(C)ccc1OC(F)F)NCc1cc(C(=O)OC)c(C)o1.I. The predicted molar refractivity (Wildman–Crippen MR) is 120 cm³/mol. The number of nitrogens with one attached hydrogen (secondary N) is 2. The number of esters is 1. The molecule has 10 heteroatoms. The predicted octanol–water partition coefficient (Wildman–Crippen LogP) is 4.16. The topological polar surface area (TPSA) is 85.1 Å². The molecule has 0 fully saturated rings. The minimum atomic E-state index is -2.90. The Hall–Kier alpha value is -2.37. The van der Waals surface area contributed by atoms with E-state index in [1.165, 1.54) is 13.2 Å². The van der Waals surface area contributed by atoms with Crippen LogP contribution in [-0.2, 0) is 17.8 Å². The van der Waals surface area contributed by atoms with E-state index in [1.54, 1.807) is 25.1 Å². The maximum absolute atomic E-state index is 12.6. The van der Waals surface area contributed by atoms with E-state index < -0.39 is 12.6 Å². The molecule has 0 saturated heterocycles. The standard InChI is InChI=1S/C20H25F2N3O4.HI/c1-5-23-20(25-11-15-9-16(13(3)28-15)18(26)27-4)24-10-14-8-12(2)6-7-17(14)29-19(21)22;/h6-9,19H,5,10-11H2,1-4H3,(H2,23,24,25);1H. The summed E-state index contributed by atoms with van der Waals surface area (Å²) in [6.45, 7) is 3.56. The molecule has 2 aromatic rings. The van der Waals surface area contributed by atoms with Crippen LogP contribution in [0.3, 0.4) is 0 Å². The van der Waals surface area contributed by atoms with E-state index in [4.69, 9.17) is 9.15 Å². The second-order valence-corrected chi connectivity index (χ2v) is 6.21. The second kappa shape index (κ2) is 12.4. The Morgan fingerprint density at radius 2 is 1.97 bits per heavy atom. The molecule has 0 radical (unpaired) electrons. The largest absolute Gasteiger partial charge is 0.465 e. The molecule has 1 aromatic carbocycles. The number of hydrogen-bond acceptors (Lipinski definition) is 5. The summed E-state index contributed by atoms with van der Waals surface area (Å²) in [5.74, 6) is 1.08. The molecule has 30 heavy (non-hydrogen) atoms. The lowest BCUT2D eigenvalue weighted by Gasteiger charge is -2.13. The second-order valence-electron chi connectivity index (χ2n) is 6.21. The zero-order chi connectivity index (χ0) is 21.4. The van der Waals surface area contributed by atoms with Crippen LogP contribution in [0, 0.1) is 13.8 Å². The molecule has 166 valence electrons. The number of aryl methyl sites for hydroxylation is 2. The third-order valence-corrected chi connectivity index (χ3v) is 3.99. The van der Waals surface area contributed by atoms with E-state index in [-0.39, 0.29) is 42.8 Å². The molecule has 0 unspecified atom stereocenters. The minimum absolute atomic E-state index is 0. The highest BCUT2D eigenvalue weighted by Crippen LogP contribution is 2.23. The molecule has 7 nitrogen and oxygen atoms in total. The van der Waals surface area contributed by atoms with E-state index in [2.05, 4.69) is 20.4 Å². The molecule has 0 atom stereocenters. The number of halogens is 3. The van der Waals surface area contributed by atoms with Gasteiger partial charge in [-0.3, -0.25) is 0 Å². The van der Waals surface area contributed by atoms with Gasteiger partial charge < -0.3 is 24.5 Å². The van der Waals surface area contributed by atoms with Crippen LogP contribution in [-0.4, -0.2) is 32.2 Å². The van der Waals surface area contributed by atoms with E-state index >= 15 is 0 Å². The Kier molecular flexibility index (Phi) is 10.6. The molecule has 0 saturated carbocycles. The molecular weight excluding hydrogens is 511 g/mol. The van der Waals surface area contributed by atoms with Crippen molar-refractivity contribution in [1.82, 2.24) is 10.6 Å². The van der Waals surface area contributed by atoms with Crippen molar-refractivity contribution in [2.75, 3.05) is 13.7 Å². The van der Waals surface area contributed by atoms with Crippen LogP contribution in [0.15, 0.2) is 33.7 Å². The van der Waals surface area contributed by atoms with Gasteiger partial charge in [0.2, 0.25) is 0 Å². The lowest BCUT2D eigenvalue weighted by Crippen LogP contribution is -2.36. The number of guanidine groups is 1. The van der Waals surface area contributed by atoms with Gasteiger partial charge in [0.05, 0.1) is 20.2 Å². The zero-order valence-corrected chi connectivity index (χ0v) is 19.6. The van der Waals surface area contributed by atoms with Crippen LogP contribution in [0.4, 0.5) is 8.78 Å². The summed E-state index contributed by atoms with van der Waals surface area (Å²) in [7, 11) is 1.31. The number of rotatable bonds is 8. The summed E-state index contributed by atoms with van der Waals surface area (Å²) in [5.41, 5.74) is 1.82. The van der Waals surface area contributed by atoms with Crippen molar-refractivity contribution in [3.63, 3.8) is 0 Å². The highest BCUT2D eigenvalue weighted by Gasteiger charge is 2.15. The van der Waals surface area contributed by atoms with Gasteiger partial charge >= 0.3 is 12.6 Å². The van der Waals surface area contributed by atoms with Crippen LogP contribution in [0.5, 0.6) is 5.75 Å². The maximum atomic E-state index is 12.6. The fourth-order valence-electron chi connectivity index (χ4n) is 2.66. The van der Waals surface area contributed by atoms with Gasteiger partial charge in [-0.1, -0.05) is 17.7 Å². The van der Waals surface area contributed by atoms with Crippen molar-refractivity contribution in [3.05, 3.63) is 52.5 Å². The quantitative estimate of drug-likeness (QED) is 0.228. The van der Waals surface area contributed by atoms with Crippen LogP contribution in [0.1, 0.15) is 39.9 Å². The molecular formula is C20H26F2IN3O4. The first-order chi connectivity index (χ1) is 13.8. The summed E-state index contributed by atoms with van der Waals surface area (Å²) in [6.07, 6.45) is 0. The summed E-state index contributed by atoms with van der Waals surface area (Å²) in [6, 6.07) is 6.56. The monoisotopic (exact) mass is 537 g/mol. The third-order valence-electron chi connectivity index (χ3n) is 3.99. The molecule has 0 aliphatic carbocycles. The van der Waals surface area contributed by atoms with E-state index in [9.17, 15) is 13.6 Å². The molecule has 0 aliphatic heterocycles. The first-order valence-corrected chi connectivity index (χ1v) is 9.08. The first-order valence-electron chi connectivity index (χ1n) is 9.08. The molecule has 0 aliphatic rings. The van der Waals surface area contributed by atoms with Crippen molar-refractivity contribution in [2.24, 2.45) is 4.99 Å². The number of carbonyl (C=O) groups excluding carboxylic acids is 1. The van der Waals surface area contributed by atoms with Crippen LogP contribution < -0.4 is 15.4 Å². The van der Waals surface area contributed by atoms with Crippen LogP contribution in [0.2, 0.25) is 0 Å². The fraction of sp³-hybridized carbons (Fsp3) is 0.400. The third kappa shape index (κ3) is 7.47. The van der Waals surface area contributed by atoms with Gasteiger partial charge in [-0.25, -0.2) is 9.79 Å². The number of carbonyl (C=O) groups is 1. The van der Waals surface area contributed by atoms with Crippen molar-refractivity contribution >= 4 is 35.9 Å². The number of nitrogens with zero attached hydrogens (tertiary/aromatic N) is 1. The number of benzene rings is 1. The molecule has 1 heterocycles. The van der Waals surface area contributed by atoms with E-state index in [1.807, 2.05) is 13.8 Å². The Balaban J connectivity index is 0.00000450. The fourth-order valence-corrected chi connectivity index (χ4v) is 2.66. The number of aliphatic imine (C=N–C) groups is 1. The summed E-state index contributed by atoms with van der Waals surface area (Å²) < 4.78 is 40.1. The van der Waals surface area contributed by atoms with Crippen LogP contribution >= 0.6 is 24.0 Å². The average molecular weight is 537 g/mol. The molecule has 0 amide bonds. The summed E-state index contributed by atoms with van der Waals surface area (Å²) >= 11 is 0. The van der Waals surface area contributed by atoms with Gasteiger partial charge in [0.1, 0.15) is 22.8 Å². The molecule has 0 spiro atoms. The number of hydrogen-bond donors (Lipinski definition) is 2. The smallest absolute Gasteiger partial charge is 0.387 e. The Labute approximate surface area is 191 Å². The number of ether oxygens (including phenoxy) is 2. The minimum Gasteiger partial charge on any atom is -0.465 e. The van der Waals surface area contributed by atoms with Gasteiger partial charge in [0.15, 0.2) is 5.96 Å². The molecule has 0 bridgehead atoms. The van der Waals surface area contributed by atoms with Gasteiger partial charge in [0.25, 0.3) is 0 Å². The number of furan rings is 1. The molecule has 1 aromatic heterocycles. The van der Waals surface area contributed by atoms with E-state index in [0.717, 1.165) is 5.56 Å². The lowest BCUT2D eigenvalue weighted by molar-refractivity contribution is -0.0504. The summed E-state index contributed by atoms with van der Waals surface area (Å²) in [4.78, 5) is 16.1. The highest BCUT2D eigenvalue weighted by atomic mass is 127. The van der Waals surface area contributed by atoms with E-state index in [0.29, 0.717) is 35.2 Å². The highest BCUT2D eigenvalue weighted by molar-refractivity contribution is 14.0. The average Bonchev–Trinajstić information content (AvgIpc) is 3.05. The van der Waals surface area contributed by atoms with Gasteiger partial charge in [-0.2, -0.15) is 8.78 Å². The number of alkyl halides is 2. The molecule has 2 rings (SSSR count). The van der Waals surface area contributed by atoms with Crippen molar-refractivity contribution in [3.8, 4) is 5.75 Å². The van der Waals surface area contributed by atoms with Gasteiger partial charge in [-0.15, -0.1) is 24.0 Å². The normalized spacial score (nSPS) is 11.1. The Bertz CT molecular complexity index is 872. The zero-order valence-electron chi connectivity index (χ0n) is 17.3. The Morgan fingerprint density at radius 1 is 1.23 bits per heavy atom. The summed E-state index contributed by atoms with van der Waals surface area (Å²) in [5, 5.41) is 6.15. The lowest BCUT2D eigenvalue weighted by atomic mass is 10.1. The van der Waals surface area contributed by atoms with Crippen molar-refractivity contribution in [2.45, 2.75) is 40.5 Å². The Morgan fingerprint density at radius 3 is 2.60 bits per heavy atom. The maximum Gasteiger partial charge on any atom is 0.387 e. The van der Waals surface area contributed by atoms with Gasteiger partial charge in [-0.05, 0) is 32.9 Å². The first kappa shape index (κ1) is 25.7. The van der Waals surface area contributed by atoms with Crippen LogP contribution in [0.25, 0.3) is 0 Å².